The first-order valence-corrected chi connectivity index (χ1v) is 14.5. The van der Waals surface area contributed by atoms with Gasteiger partial charge in [0, 0.05) is 12.1 Å². The fraction of sp³-hybridized carbons (Fsp3) is 0.306. The van der Waals surface area contributed by atoms with Crippen LogP contribution in [0.4, 0.5) is 0 Å². The summed E-state index contributed by atoms with van der Waals surface area (Å²) >= 11 is 0. The van der Waals surface area contributed by atoms with Gasteiger partial charge in [0.05, 0.1) is 24.7 Å². The summed E-state index contributed by atoms with van der Waals surface area (Å²) in [5.41, 5.74) is 2.29. The van der Waals surface area contributed by atoms with E-state index in [-0.39, 0.29) is 25.0 Å². The van der Waals surface area contributed by atoms with Crippen molar-refractivity contribution in [1.29, 1.82) is 0 Å². The first kappa shape index (κ1) is 30.8. The molecule has 1 amide bonds. The Bertz CT molecular complexity index is 1280. The number of aliphatic hydroxyl groups is 1. The minimum absolute atomic E-state index is 0.0125. The lowest BCUT2D eigenvalue weighted by Crippen LogP contribution is -2.55. The van der Waals surface area contributed by atoms with Crippen molar-refractivity contribution < 1.29 is 19.4 Å². The van der Waals surface area contributed by atoms with Crippen molar-refractivity contribution in [2.45, 2.75) is 50.9 Å². The molecule has 3 N–H and O–H groups in total. The van der Waals surface area contributed by atoms with Gasteiger partial charge in [0.1, 0.15) is 6.61 Å². The molecule has 0 spiro atoms. The van der Waals surface area contributed by atoms with Gasteiger partial charge in [0.25, 0.3) is 0 Å². The summed E-state index contributed by atoms with van der Waals surface area (Å²) < 4.78 is 11.4. The number of methoxy groups -OCH3 is 1. The molecule has 4 aromatic rings. The van der Waals surface area contributed by atoms with Crippen LogP contribution in [0.3, 0.4) is 0 Å². The van der Waals surface area contributed by atoms with Gasteiger partial charge in [-0.2, -0.15) is 0 Å². The molecule has 0 aromatic heterocycles. The number of rotatable bonds is 14. The topological polar surface area (TPSA) is 79.8 Å². The molecule has 0 aliphatic heterocycles. The van der Waals surface area contributed by atoms with Gasteiger partial charge in [0.15, 0.2) is 11.5 Å². The quantitative estimate of drug-likeness (QED) is 0.165. The molecule has 0 saturated heterocycles. The van der Waals surface area contributed by atoms with Gasteiger partial charge in [-0.3, -0.25) is 10.1 Å². The second-order valence-corrected chi connectivity index (χ2v) is 10.9. The second-order valence-electron chi connectivity index (χ2n) is 10.9. The Morgan fingerprint density at radius 2 is 1.19 bits per heavy atom. The van der Waals surface area contributed by atoms with Crippen LogP contribution in [0.15, 0.2) is 115 Å². The molecule has 42 heavy (non-hydrogen) atoms. The second kappa shape index (κ2) is 14.7. The molecule has 3 atom stereocenters. The number of nitrogens with one attached hydrogen (secondary N) is 2. The number of hydrogen-bond donors (Lipinski definition) is 3. The van der Waals surface area contributed by atoms with Crippen molar-refractivity contribution in [3.05, 3.63) is 132 Å². The third-order valence-electron chi connectivity index (χ3n) is 7.50. The number of benzene rings is 4. The molecule has 4 rings (SSSR count). The van der Waals surface area contributed by atoms with E-state index < -0.39 is 23.6 Å². The number of carbonyl (C=O) groups excluding carboxylic acids is 1. The summed E-state index contributed by atoms with van der Waals surface area (Å²) in [7, 11) is 1.59. The van der Waals surface area contributed by atoms with E-state index in [1.807, 2.05) is 99.6 Å². The normalized spacial score (nSPS) is 13.7. The average molecular weight is 567 g/mol. The first-order valence-electron chi connectivity index (χ1n) is 14.5. The maximum Gasteiger partial charge on any atom is 0.224 e. The zero-order chi connectivity index (χ0) is 30.0. The Labute approximate surface area is 249 Å². The molecule has 0 bridgehead atoms. The molecule has 0 heterocycles. The molecule has 6 heteroatoms. The van der Waals surface area contributed by atoms with Crippen LogP contribution in [0.2, 0.25) is 0 Å². The molecule has 0 saturated carbocycles. The fourth-order valence-electron chi connectivity index (χ4n) is 5.36. The number of carbonyl (C=O) groups is 1. The zero-order valence-corrected chi connectivity index (χ0v) is 24.9. The van der Waals surface area contributed by atoms with Gasteiger partial charge in [-0.1, -0.05) is 110 Å². The molecule has 220 valence electrons. The lowest BCUT2D eigenvalue weighted by molar-refractivity contribution is -0.126. The van der Waals surface area contributed by atoms with Crippen LogP contribution in [0, 0.1) is 5.92 Å². The molecule has 0 aliphatic rings. The molecule has 4 aromatic carbocycles. The van der Waals surface area contributed by atoms with E-state index in [0.717, 1.165) is 16.7 Å². The zero-order valence-electron chi connectivity index (χ0n) is 24.9. The van der Waals surface area contributed by atoms with E-state index in [9.17, 15) is 9.90 Å². The maximum absolute atomic E-state index is 13.5. The summed E-state index contributed by atoms with van der Waals surface area (Å²) in [4.78, 5) is 13.5. The number of amides is 1. The summed E-state index contributed by atoms with van der Waals surface area (Å²) in [5, 5.41) is 18.3. The van der Waals surface area contributed by atoms with Crippen LogP contribution in [0.5, 0.6) is 11.5 Å². The molecular formula is C36H42N2O4. The highest BCUT2D eigenvalue weighted by Crippen LogP contribution is 2.38. The van der Waals surface area contributed by atoms with Gasteiger partial charge in [-0.05, 0) is 49.1 Å². The SMILES string of the molecule is COc1ccccc1OCC(O)CC(NC(c1ccccc1)(c1ccccc1)c1ccccc1)C(C)C(=O)NC(C)C. The van der Waals surface area contributed by atoms with Crippen LogP contribution >= 0.6 is 0 Å². The van der Waals surface area contributed by atoms with Crippen molar-refractivity contribution in [3.8, 4) is 11.5 Å². The minimum atomic E-state index is -0.860. The molecule has 0 radical (unpaired) electrons. The Morgan fingerprint density at radius 1 is 0.738 bits per heavy atom. The number of aliphatic hydroxyl groups excluding tert-OH is 1. The van der Waals surface area contributed by atoms with Gasteiger partial charge < -0.3 is 19.9 Å². The van der Waals surface area contributed by atoms with Gasteiger partial charge in [-0.15, -0.1) is 0 Å². The standard InChI is InChI=1S/C36H42N2O4/c1-26(2)37-35(40)27(3)32(24-31(39)25-42-34-23-15-14-22-33(34)41-4)38-36(28-16-8-5-9-17-28,29-18-10-6-11-19-29)30-20-12-7-13-21-30/h5-23,26-27,31-32,38-39H,24-25H2,1-4H3,(H,37,40). The van der Waals surface area contributed by atoms with E-state index in [2.05, 4.69) is 47.0 Å². The Morgan fingerprint density at radius 3 is 1.64 bits per heavy atom. The highest BCUT2D eigenvalue weighted by Gasteiger charge is 2.41. The monoisotopic (exact) mass is 566 g/mol. The minimum Gasteiger partial charge on any atom is -0.493 e. The van der Waals surface area contributed by atoms with Crippen molar-refractivity contribution in [1.82, 2.24) is 10.6 Å². The fourth-order valence-corrected chi connectivity index (χ4v) is 5.36. The Kier molecular flexibility index (Phi) is 10.8. The van der Waals surface area contributed by atoms with Crippen molar-refractivity contribution in [2.24, 2.45) is 5.92 Å². The van der Waals surface area contributed by atoms with E-state index in [0.29, 0.717) is 11.5 Å². The number of para-hydroxylation sites is 2. The lowest BCUT2D eigenvalue weighted by atomic mass is 9.75. The number of ether oxygens (including phenoxy) is 2. The summed E-state index contributed by atoms with van der Waals surface area (Å²) in [6.07, 6.45) is -0.586. The highest BCUT2D eigenvalue weighted by molar-refractivity contribution is 5.79. The van der Waals surface area contributed by atoms with Crippen molar-refractivity contribution in [3.63, 3.8) is 0 Å². The van der Waals surface area contributed by atoms with Crippen LogP contribution in [-0.2, 0) is 10.3 Å². The molecule has 3 unspecified atom stereocenters. The van der Waals surface area contributed by atoms with E-state index in [1.54, 1.807) is 7.11 Å². The van der Waals surface area contributed by atoms with Crippen LogP contribution < -0.4 is 20.1 Å². The Hall–Kier alpha value is -4.13. The third kappa shape index (κ3) is 7.38. The van der Waals surface area contributed by atoms with E-state index in [4.69, 9.17) is 9.47 Å². The van der Waals surface area contributed by atoms with Crippen LogP contribution in [-0.4, -0.2) is 42.9 Å². The molecule has 0 aliphatic carbocycles. The largest absolute Gasteiger partial charge is 0.493 e. The Balaban J connectivity index is 1.75. The van der Waals surface area contributed by atoms with Gasteiger partial charge >= 0.3 is 0 Å². The van der Waals surface area contributed by atoms with Crippen LogP contribution in [0.25, 0.3) is 0 Å². The molecular weight excluding hydrogens is 524 g/mol. The predicted molar refractivity (Wildman–Crippen MR) is 168 cm³/mol. The lowest BCUT2D eigenvalue weighted by Gasteiger charge is -2.42. The van der Waals surface area contributed by atoms with Gasteiger partial charge in [0.2, 0.25) is 5.91 Å². The molecule has 0 fully saturated rings. The summed E-state index contributed by atoms with van der Waals surface area (Å²) in [6.45, 7) is 5.86. The number of hydrogen-bond acceptors (Lipinski definition) is 5. The highest BCUT2D eigenvalue weighted by atomic mass is 16.5. The van der Waals surface area contributed by atoms with Crippen molar-refractivity contribution in [2.75, 3.05) is 13.7 Å². The van der Waals surface area contributed by atoms with Crippen LogP contribution in [0.1, 0.15) is 43.9 Å². The first-order chi connectivity index (χ1) is 20.3. The van der Waals surface area contributed by atoms with Gasteiger partial charge in [-0.25, -0.2) is 0 Å². The molecule has 6 nitrogen and oxygen atoms in total. The maximum atomic E-state index is 13.5. The predicted octanol–water partition coefficient (Wildman–Crippen LogP) is 5.94. The smallest absolute Gasteiger partial charge is 0.224 e. The summed E-state index contributed by atoms with van der Waals surface area (Å²) in [5.74, 6) is 0.605. The summed E-state index contributed by atoms with van der Waals surface area (Å²) in [6, 6.07) is 37.7. The average Bonchev–Trinajstić information content (AvgIpc) is 3.02. The third-order valence-corrected chi connectivity index (χ3v) is 7.50. The van der Waals surface area contributed by atoms with E-state index >= 15 is 0 Å². The van der Waals surface area contributed by atoms with E-state index in [1.165, 1.54) is 0 Å². The van der Waals surface area contributed by atoms with Crippen molar-refractivity contribution >= 4 is 5.91 Å².